The van der Waals surface area contributed by atoms with Crippen LogP contribution in [0.3, 0.4) is 0 Å². The molecule has 11 nitrogen and oxygen atoms in total. The van der Waals surface area contributed by atoms with Crippen molar-refractivity contribution in [1.29, 1.82) is 0 Å². The van der Waals surface area contributed by atoms with Crippen LogP contribution >= 0.6 is 0 Å². The number of nitrogens with two attached hydrogens (primary N) is 2. The molecule has 0 radical (unpaired) electrons. The van der Waals surface area contributed by atoms with Crippen molar-refractivity contribution >= 4 is 21.6 Å². The highest BCUT2D eigenvalue weighted by molar-refractivity contribution is 7.89. The van der Waals surface area contributed by atoms with Crippen LogP contribution in [0, 0.1) is 6.92 Å². The van der Waals surface area contributed by atoms with Crippen molar-refractivity contribution in [3.63, 3.8) is 0 Å². The van der Waals surface area contributed by atoms with Gasteiger partial charge >= 0.3 is 0 Å². The highest BCUT2D eigenvalue weighted by Crippen LogP contribution is 2.33. The average molecular weight is 419 g/mol. The highest BCUT2D eigenvalue weighted by Gasteiger charge is 2.27. The van der Waals surface area contributed by atoms with Crippen LogP contribution in [-0.4, -0.2) is 55.0 Å². The Morgan fingerprint density at radius 1 is 1.34 bits per heavy atom. The number of nitrogens with zero attached hydrogens (tertiary/aromatic N) is 5. The number of aryl methyl sites for hydroxylation is 1. The maximum atomic E-state index is 12.4. The summed E-state index contributed by atoms with van der Waals surface area (Å²) < 4.78 is 36.1. The smallest absolute Gasteiger partial charge is 0.238 e. The SMILES string of the molecule is Cc1cc(C2=CN=C(N)CN2n2cncn2)c(S(N)(=O)=O)cc1OC1CCOC1. The molecule has 1 atom stereocenters. The topological polar surface area (TPSA) is 151 Å². The van der Waals surface area contributed by atoms with Crippen LogP contribution in [-0.2, 0) is 14.8 Å². The Hall–Kier alpha value is -2.96. The van der Waals surface area contributed by atoms with Gasteiger partial charge in [0, 0.05) is 18.1 Å². The van der Waals surface area contributed by atoms with Crippen molar-refractivity contribution in [2.75, 3.05) is 24.8 Å². The van der Waals surface area contributed by atoms with E-state index < -0.39 is 10.0 Å². The predicted octanol–water partition coefficient (Wildman–Crippen LogP) is -0.291. The van der Waals surface area contributed by atoms with Crippen molar-refractivity contribution in [1.82, 2.24) is 14.9 Å². The van der Waals surface area contributed by atoms with E-state index in [1.165, 1.54) is 29.7 Å². The van der Waals surface area contributed by atoms with Gasteiger partial charge in [-0.25, -0.2) is 23.5 Å². The van der Waals surface area contributed by atoms with Gasteiger partial charge in [-0.3, -0.25) is 5.01 Å². The molecule has 0 bridgehead atoms. The van der Waals surface area contributed by atoms with Crippen molar-refractivity contribution < 1.29 is 17.9 Å². The second-order valence-electron chi connectivity index (χ2n) is 6.77. The van der Waals surface area contributed by atoms with Gasteiger partial charge in [0.25, 0.3) is 0 Å². The van der Waals surface area contributed by atoms with E-state index >= 15 is 0 Å². The number of benzene rings is 1. The molecule has 2 aliphatic heterocycles. The highest BCUT2D eigenvalue weighted by atomic mass is 32.2. The summed E-state index contributed by atoms with van der Waals surface area (Å²) in [5, 5.41) is 11.3. The van der Waals surface area contributed by atoms with Crippen LogP contribution in [0.4, 0.5) is 0 Å². The van der Waals surface area contributed by atoms with Gasteiger partial charge in [0.05, 0.1) is 36.6 Å². The van der Waals surface area contributed by atoms with Crippen LogP contribution in [0.1, 0.15) is 17.5 Å². The molecule has 1 saturated heterocycles. The Kier molecular flexibility index (Phi) is 4.98. The molecule has 12 heteroatoms. The largest absolute Gasteiger partial charge is 0.488 e. The van der Waals surface area contributed by atoms with Gasteiger partial charge in [-0.05, 0) is 18.6 Å². The Bertz CT molecular complexity index is 1070. The summed E-state index contributed by atoms with van der Waals surface area (Å²) in [5.41, 5.74) is 7.45. The van der Waals surface area contributed by atoms with Gasteiger partial charge < -0.3 is 15.2 Å². The first-order chi connectivity index (χ1) is 13.8. The van der Waals surface area contributed by atoms with Gasteiger partial charge in [0.15, 0.2) is 0 Å². The van der Waals surface area contributed by atoms with E-state index in [2.05, 4.69) is 15.1 Å². The van der Waals surface area contributed by atoms with Crippen molar-refractivity contribution in [2.24, 2.45) is 15.9 Å². The second-order valence-corrected chi connectivity index (χ2v) is 8.30. The molecule has 4 N–H and O–H groups in total. The van der Waals surface area contributed by atoms with Crippen molar-refractivity contribution in [2.45, 2.75) is 24.3 Å². The Morgan fingerprint density at radius 2 is 2.17 bits per heavy atom. The molecule has 2 aliphatic rings. The molecule has 1 fully saturated rings. The minimum atomic E-state index is -4.07. The first-order valence-electron chi connectivity index (χ1n) is 8.90. The molecule has 0 aliphatic carbocycles. The molecular formula is C17H21N7O4S. The van der Waals surface area contributed by atoms with Gasteiger partial charge in [-0.2, -0.15) is 4.79 Å². The first kappa shape index (κ1) is 19.4. The molecule has 0 spiro atoms. The van der Waals surface area contributed by atoms with E-state index in [-0.39, 0.29) is 17.5 Å². The van der Waals surface area contributed by atoms with E-state index in [4.69, 9.17) is 20.3 Å². The molecule has 0 saturated carbocycles. The number of aliphatic imine (C=N–C) groups is 1. The summed E-state index contributed by atoms with van der Waals surface area (Å²) in [6.45, 7) is 3.12. The standard InChI is InChI=1S/C17H21N7O4S/c1-11-4-13(14-6-21-17(18)7-23(14)24-10-20-9-22-24)16(29(19,25)26)5-15(11)28-12-2-3-27-8-12/h4-6,9-10,12H,2-3,7-8H2,1H3,(H2,18,21)(H2,19,25,26). The fraction of sp³-hybridized carbons (Fsp3) is 0.353. The molecule has 0 amide bonds. The fourth-order valence-electron chi connectivity index (χ4n) is 3.23. The lowest BCUT2D eigenvalue weighted by atomic mass is 10.1. The number of hydrogen-bond donors (Lipinski definition) is 2. The zero-order chi connectivity index (χ0) is 20.6. The number of amidine groups is 1. The van der Waals surface area contributed by atoms with E-state index in [0.29, 0.717) is 36.1 Å². The minimum Gasteiger partial charge on any atom is -0.488 e. The molecule has 4 rings (SSSR count). The van der Waals surface area contributed by atoms with E-state index in [9.17, 15) is 8.42 Å². The molecule has 1 aromatic heterocycles. The Balaban J connectivity index is 1.82. The minimum absolute atomic E-state index is 0.0796. The average Bonchev–Trinajstić information content (AvgIpc) is 3.36. The van der Waals surface area contributed by atoms with Crippen LogP contribution in [0.2, 0.25) is 0 Å². The Morgan fingerprint density at radius 3 is 2.83 bits per heavy atom. The molecule has 154 valence electrons. The lowest BCUT2D eigenvalue weighted by molar-refractivity contribution is 0.140. The summed E-state index contributed by atoms with van der Waals surface area (Å²) in [4.78, 5) is 9.46. The lowest BCUT2D eigenvalue weighted by Gasteiger charge is -2.29. The van der Waals surface area contributed by atoms with Crippen LogP contribution in [0.5, 0.6) is 5.75 Å². The van der Waals surface area contributed by atoms with E-state index in [1.807, 2.05) is 6.92 Å². The number of primary sulfonamides is 1. The number of sulfonamides is 1. The molecule has 2 aromatic rings. The molecule has 1 aromatic carbocycles. The zero-order valence-corrected chi connectivity index (χ0v) is 16.5. The summed E-state index contributed by atoms with van der Waals surface area (Å²) in [5.74, 6) is 0.791. The van der Waals surface area contributed by atoms with Crippen LogP contribution in [0.15, 0.2) is 40.9 Å². The summed E-state index contributed by atoms with van der Waals surface area (Å²) in [6, 6.07) is 3.15. The fourth-order valence-corrected chi connectivity index (χ4v) is 3.97. The van der Waals surface area contributed by atoms with Gasteiger partial charge in [-0.1, -0.05) is 0 Å². The third-order valence-electron chi connectivity index (χ3n) is 4.64. The summed E-state index contributed by atoms with van der Waals surface area (Å²) >= 11 is 0. The number of hydrogen-bond acceptors (Lipinski definition) is 9. The van der Waals surface area contributed by atoms with Gasteiger partial charge in [0.2, 0.25) is 10.0 Å². The quantitative estimate of drug-likeness (QED) is 0.671. The molecular weight excluding hydrogens is 398 g/mol. The molecule has 29 heavy (non-hydrogen) atoms. The van der Waals surface area contributed by atoms with Crippen molar-refractivity contribution in [3.05, 3.63) is 42.1 Å². The van der Waals surface area contributed by atoms with Crippen LogP contribution < -0.4 is 20.6 Å². The third kappa shape index (κ3) is 3.95. The van der Waals surface area contributed by atoms with Crippen molar-refractivity contribution in [3.8, 4) is 5.75 Å². The number of aromatic nitrogens is 3. The monoisotopic (exact) mass is 419 g/mol. The first-order valence-corrected chi connectivity index (χ1v) is 10.4. The van der Waals surface area contributed by atoms with E-state index in [0.717, 1.165) is 12.0 Å². The summed E-state index contributed by atoms with van der Waals surface area (Å²) in [7, 11) is -4.07. The maximum Gasteiger partial charge on any atom is 0.238 e. The lowest BCUT2D eigenvalue weighted by Crippen LogP contribution is -2.42. The van der Waals surface area contributed by atoms with Gasteiger partial charge in [-0.15, -0.1) is 5.10 Å². The Labute approximate surface area is 167 Å². The number of ether oxygens (including phenoxy) is 2. The third-order valence-corrected chi connectivity index (χ3v) is 5.59. The zero-order valence-electron chi connectivity index (χ0n) is 15.7. The second kappa shape index (κ2) is 7.46. The predicted molar refractivity (Wildman–Crippen MR) is 105 cm³/mol. The number of rotatable bonds is 5. The van der Waals surface area contributed by atoms with Crippen LogP contribution in [0.25, 0.3) is 5.70 Å². The summed E-state index contributed by atoms with van der Waals surface area (Å²) in [6.07, 6.45) is 4.94. The molecule has 3 heterocycles. The maximum absolute atomic E-state index is 12.4. The molecule has 1 unspecified atom stereocenters. The van der Waals surface area contributed by atoms with Gasteiger partial charge in [0.1, 0.15) is 30.3 Å². The normalized spacial score (nSPS) is 19.8. The van der Waals surface area contributed by atoms with E-state index in [1.54, 1.807) is 11.1 Å².